The number of hydrogen-bond donors (Lipinski definition) is 1. The molecule has 0 aliphatic heterocycles. The fourth-order valence-corrected chi connectivity index (χ4v) is 2.84. The van der Waals surface area contributed by atoms with E-state index >= 15 is 0 Å². The van der Waals surface area contributed by atoms with Gasteiger partial charge in [0.1, 0.15) is 11.6 Å². The highest BCUT2D eigenvalue weighted by Crippen LogP contribution is 2.28. The number of fused-ring (bicyclic) bond motifs is 1. The number of nitrogens with zero attached hydrogens (tertiary/aromatic N) is 2. The molecule has 1 saturated carbocycles. The molecule has 112 valence electrons. The van der Waals surface area contributed by atoms with E-state index in [0.717, 1.165) is 18.4 Å². The Morgan fingerprint density at radius 2 is 2.29 bits per heavy atom. The summed E-state index contributed by atoms with van der Waals surface area (Å²) in [5, 5.41) is 2.91. The molecule has 1 aromatic heterocycles. The molecule has 7 heteroatoms. The predicted molar refractivity (Wildman–Crippen MR) is 82.7 cm³/mol. The van der Waals surface area contributed by atoms with Crippen LogP contribution in [0.3, 0.4) is 0 Å². The number of amides is 1. The minimum absolute atomic E-state index is 0.110. The van der Waals surface area contributed by atoms with Gasteiger partial charge in [0.15, 0.2) is 0 Å². The lowest BCUT2D eigenvalue weighted by atomic mass is 10.3. The first-order valence-electron chi connectivity index (χ1n) is 6.78. The normalized spacial score (nSPS) is 14.6. The molecule has 1 aliphatic rings. The molecule has 1 N–H and O–H groups in total. The summed E-state index contributed by atoms with van der Waals surface area (Å²) in [6, 6.07) is 3.07. The lowest BCUT2D eigenvalue weighted by molar-refractivity contribution is -0.122. The lowest BCUT2D eigenvalue weighted by Crippen LogP contribution is -2.28. The highest BCUT2D eigenvalue weighted by molar-refractivity contribution is 9.10. The zero-order valence-corrected chi connectivity index (χ0v) is 13.5. The Morgan fingerprint density at radius 3 is 2.95 bits per heavy atom. The van der Waals surface area contributed by atoms with E-state index in [1.807, 2.05) is 4.57 Å². The summed E-state index contributed by atoms with van der Waals surface area (Å²) in [5.74, 6) is 0.865. The first kappa shape index (κ1) is 14.8. The van der Waals surface area contributed by atoms with E-state index < -0.39 is 0 Å². The second-order valence-corrected chi connectivity index (χ2v) is 6.26. The molecular formula is C14H14BrClFN3O. The molecule has 21 heavy (non-hydrogen) atoms. The number of hydrogen-bond acceptors (Lipinski definition) is 2. The summed E-state index contributed by atoms with van der Waals surface area (Å²) in [5.41, 5.74) is 1.37. The number of imidazole rings is 1. The van der Waals surface area contributed by atoms with Crippen LogP contribution >= 0.6 is 27.5 Å². The molecule has 1 aromatic carbocycles. The van der Waals surface area contributed by atoms with E-state index in [-0.39, 0.29) is 23.5 Å². The topological polar surface area (TPSA) is 46.9 Å². The fraction of sp³-hybridized carbons (Fsp3) is 0.429. The number of alkyl halides is 1. The second kappa shape index (κ2) is 5.93. The standard InChI is InChI=1S/C14H14BrClFN3O/c15-9-5-12-11(6-10(9)17)19-13(7-16)20(12)4-3-18-14(21)8-1-2-8/h5-6,8H,1-4,7H2,(H,18,21). The predicted octanol–water partition coefficient (Wildman–Crippen LogP) is 3.20. The number of nitrogens with one attached hydrogen (secondary N) is 1. The van der Waals surface area contributed by atoms with Crippen molar-refractivity contribution in [2.75, 3.05) is 6.54 Å². The van der Waals surface area contributed by atoms with Crippen molar-refractivity contribution >= 4 is 44.5 Å². The van der Waals surface area contributed by atoms with E-state index in [0.29, 0.717) is 28.9 Å². The number of aromatic nitrogens is 2. The Hall–Kier alpha value is -1.14. The van der Waals surface area contributed by atoms with E-state index in [9.17, 15) is 9.18 Å². The third-order valence-electron chi connectivity index (χ3n) is 3.57. The first-order chi connectivity index (χ1) is 10.1. The first-order valence-corrected chi connectivity index (χ1v) is 8.10. The largest absolute Gasteiger partial charge is 0.354 e. The van der Waals surface area contributed by atoms with E-state index in [4.69, 9.17) is 11.6 Å². The Morgan fingerprint density at radius 1 is 1.52 bits per heavy atom. The average molecular weight is 375 g/mol. The van der Waals surface area contributed by atoms with Crippen molar-refractivity contribution in [2.24, 2.45) is 5.92 Å². The Bertz CT molecular complexity index is 699. The molecule has 1 heterocycles. The third-order valence-corrected chi connectivity index (χ3v) is 4.42. The number of carbonyl (C=O) groups is 1. The van der Waals surface area contributed by atoms with Crippen molar-refractivity contribution < 1.29 is 9.18 Å². The van der Waals surface area contributed by atoms with Crippen molar-refractivity contribution in [2.45, 2.75) is 25.3 Å². The van der Waals surface area contributed by atoms with Crippen molar-refractivity contribution in [3.05, 3.63) is 28.2 Å². The van der Waals surface area contributed by atoms with Gasteiger partial charge in [-0.25, -0.2) is 9.37 Å². The van der Waals surface area contributed by atoms with Crippen LogP contribution in [0.5, 0.6) is 0 Å². The summed E-state index contributed by atoms with van der Waals surface area (Å²) in [6.07, 6.45) is 1.97. The summed E-state index contributed by atoms with van der Waals surface area (Å²) in [6.45, 7) is 1.08. The maximum Gasteiger partial charge on any atom is 0.223 e. The van der Waals surface area contributed by atoms with Crippen molar-refractivity contribution in [1.82, 2.24) is 14.9 Å². The van der Waals surface area contributed by atoms with Gasteiger partial charge in [-0.1, -0.05) is 0 Å². The summed E-state index contributed by atoms with van der Waals surface area (Å²) in [7, 11) is 0. The zero-order valence-electron chi connectivity index (χ0n) is 11.2. The molecular weight excluding hydrogens is 361 g/mol. The van der Waals surface area contributed by atoms with Gasteiger partial charge < -0.3 is 9.88 Å². The minimum atomic E-state index is -0.352. The van der Waals surface area contributed by atoms with Gasteiger partial charge in [0, 0.05) is 25.1 Å². The van der Waals surface area contributed by atoms with Crippen molar-refractivity contribution in [3.63, 3.8) is 0 Å². The molecule has 0 spiro atoms. The molecule has 1 aliphatic carbocycles. The van der Waals surface area contributed by atoms with Gasteiger partial charge >= 0.3 is 0 Å². The van der Waals surface area contributed by atoms with Gasteiger partial charge in [0.25, 0.3) is 0 Å². The number of benzene rings is 1. The van der Waals surface area contributed by atoms with Crippen LogP contribution in [0, 0.1) is 11.7 Å². The smallest absolute Gasteiger partial charge is 0.223 e. The van der Waals surface area contributed by atoms with Crippen LogP contribution in [0.15, 0.2) is 16.6 Å². The van der Waals surface area contributed by atoms with Gasteiger partial charge in [0.2, 0.25) is 5.91 Å². The highest BCUT2D eigenvalue weighted by Gasteiger charge is 2.29. The molecule has 0 radical (unpaired) electrons. The monoisotopic (exact) mass is 373 g/mol. The highest BCUT2D eigenvalue weighted by atomic mass is 79.9. The summed E-state index contributed by atoms with van der Waals surface area (Å²) < 4.78 is 15.9. The van der Waals surface area contributed by atoms with Gasteiger partial charge in [-0.2, -0.15) is 0 Å². The fourth-order valence-electron chi connectivity index (χ4n) is 2.30. The van der Waals surface area contributed by atoms with E-state index in [2.05, 4.69) is 26.2 Å². The molecule has 0 unspecified atom stereocenters. The van der Waals surface area contributed by atoms with Crippen LogP contribution in [-0.2, 0) is 17.2 Å². The SMILES string of the molecule is O=C(NCCn1c(CCl)nc2cc(F)c(Br)cc21)C1CC1. The molecule has 2 aromatic rings. The van der Waals surface area contributed by atoms with Crippen molar-refractivity contribution in [3.8, 4) is 0 Å². The summed E-state index contributed by atoms with van der Waals surface area (Å²) >= 11 is 9.09. The second-order valence-electron chi connectivity index (χ2n) is 5.13. The van der Waals surface area contributed by atoms with Gasteiger partial charge in [-0.15, -0.1) is 11.6 Å². The zero-order chi connectivity index (χ0) is 15.0. The Balaban J connectivity index is 1.81. The Kier molecular flexibility index (Phi) is 4.17. The maximum absolute atomic E-state index is 13.6. The molecule has 1 fully saturated rings. The van der Waals surface area contributed by atoms with Crippen LogP contribution in [0.1, 0.15) is 18.7 Å². The number of carbonyl (C=O) groups excluding carboxylic acids is 1. The van der Waals surface area contributed by atoms with Gasteiger partial charge in [-0.05, 0) is 34.8 Å². The molecule has 0 atom stereocenters. The minimum Gasteiger partial charge on any atom is -0.354 e. The van der Waals surface area contributed by atoms with Crippen LogP contribution in [-0.4, -0.2) is 22.0 Å². The van der Waals surface area contributed by atoms with E-state index in [1.165, 1.54) is 6.07 Å². The van der Waals surface area contributed by atoms with Crippen LogP contribution in [0.4, 0.5) is 4.39 Å². The summed E-state index contributed by atoms with van der Waals surface area (Å²) in [4.78, 5) is 16.0. The molecule has 3 rings (SSSR count). The number of halogens is 3. The maximum atomic E-state index is 13.6. The molecule has 4 nitrogen and oxygen atoms in total. The Labute approximate surface area is 134 Å². The number of rotatable bonds is 5. The quantitative estimate of drug-likeness (QED) is 0.817. The lowest BCUT2D eigenvalue weighted by Gasteiger charge is -2.09. The third kappa shape index (κ3) is 3.06. The molecule has 0 bridgehead atoms. The van der Waals surface area contributed by atoms with Crippen LogP contribution in [0.25, 0.3) is 11.0 Å². The molecule has 0 saturated heterocycles. The van der Waals surface area contributed by atoms with Gasteiger partial charge in [-0.3, -0.25) is 4.79 Å². The van der Waals surface area contributed by atoms with Gasteiger partial charge in [0.05, 0.1) is 21.4 Å². The average Bonchev–Trinajstić information content (AvgIpc) is 3.25. The van der Waals surface area contributed by atoms with Crippen LogP contribution < -0.4 is 5.32 Å². The van der Waals surface area contributed by atoms with Crippen molar-refractivity contribution in [1.29, 1.82) is 0 Å². The van der Waals surface area contributed by atoms with E-state index in [1.54, 1.807) is 6.07 Å². The molecule has 1 amide bonds. The van der Waals surface area contributed by atoms with Crippen LogP contribution in [0.2, 0.25) is 0 Å².